The van der Waals surface area contributed by atoms with Gasteiger partial charge in [-0.15, -0.1) is 0 Å². The molecule has 0 aromatic heterocycles. The number of carbonyl (C=O) groups is 1. The standard InChI is InChI=1S/C11H11O2/c1-9(2)11(12)13-8-10-6-4-3-5-7-10/h3-4,6-7H,1,8H2,2H3/q+1. The number of hydrogen-bond acceptors (Lipinski definition) is 2. The summed E-state index contributed by atoms with van der Waals surface area (Å²) in [5.41, 5.74) is 1.34. The number of carbonyl (C=O) groups excluding carboxylic acids is 1. The summed E-state index contributed by atoms with van der Waals surface area (Å²) in [5.74, 6) is -0.358. The lowest BCUT2D eigenvalue weighted by atomic mass is 10.2. The Bertz CT molecular complexity index is 306. The van der Waals surface area contributed by atoms with Gasteiger partial charge in [0.05, 0.1) is 11.6 Å². The molecule has 0 fully saturated rings. The van der Waals surface area contributed by atoms with E-state index in [-0.39, 0.29) is 12.6 Å². The molecule has 0 saturated heterocycles. The Balaban J connectivity index is 2.39. The Morgan fingerprint density at radius 2 is 2.46 bits per heavy atom. The molecule has 66 valence electrons. The van der Waals surface area contributed by atoms with E-state index in [9.17, 15) is 4.79 Å². The molecule has 0 saturated carbocycles. The van der Waals surface area contributed by atoms with Crippen LogP contribution in [0.5, 0.6) is 0 Å². The molecule has 13 heavy (non-hydrogen) atoms. The molecule has 0 bridgehead atoms. The molecule has 2 nitrogen and oxygen atoms in total. The highest BCUT2D eigenvalue weighted by atomic mass is 16.5. The summed E-state index contributed by atoms with van der Waals surface area (Å²) in [7, 11) is 0. The average molecular weight is 175 g/mol. The van der Waals surface area contributed by atoms with Crippen LogP contribution < -0.4 is 0 Å². The molecule has 0 N–H and O–H groups in total. The van der Waals surface area contributed by atoms with Gasteiger partial charge in [0, 0.05) is 17.7 Å². The summed E-state index contributed by atoms with van der Waals surface area (Å²) in [6, 6.07) is 0. The Kier molecular flexibility index (Phi) is 3.18. The van der Waals surface area contributed by atoms with Gasteiger partial charge in [-0.2, -0.15) is 0 Å². The molecule has 0 aromatic carbocycles. The Morgan fingerprint density at radius 1 is 1.69 bits per heavy atom. The van der Waals surface area contributed by atoms with Gasteiger partial charge >= 0.3 is 5.97 Å². The molecule has 2 heteroatoms. The normalized spacial score (nSPS) is 13.2. The van der Waals surface area contributed by atoms with Crippen molar-refractivity contribution >= 4 is 5.97 Å². The molecule has 0 spiro atoms. The third-order valence-electron chi connectivity index (χ3n) is 1.49. The topological polar surface area (TPSA) is 26.3 Å². The van der Waals surface area contributed by atoms with Crippen LogP contribution in [0.3, 0.4) is 0 Å². The molecule has 1 rings (SSSR count). The van der Waals surface area contributed by atoms with Crippen LogP contribution in [0.4, 0.5) is 0 Å². The zero-order valence-corrected chi connectivity index (χ0v) is 7.54. The van der Waals surface area contributed by atoms with E-state index < -0.39 is 0 Å². The highest BCUT2D eigenvalue weighted by Gasteiger charge is 2.08. The van der Waals surface area contributed by atoms with Gasteiger partial charge < -0.3 is 4.74 Å². The van der Waals surface area contributed by atoms with Crippen LogP contribution in [-0.4, -0.2) is 12.6 Å². The number of allylic oxidation sites excluding steroid dienone is 4. The molecule has 1 aliphatic rings. The molecule has 0 radical (unpaired) electrons. The van der Waals surface area contributed by atoms with Crippen molar-refractivity contribution in [3.8, 4) is 0 Å². The predicted octanol–water partition coefficient (Wildman–Crippen LogP) is 1.96. The first-order valence-corrected chi connectivity index (χ1v) is 3.98. The largest absolute Gasteiger partial charge is 0.443 e. The summed E-state index contributed by atoms with van der Waals surface area (Å²) in [4.78, 5) is 11.0. The fraction of sp³-hybridized carbons (Fsp3) is 0.182. The van der Waals surface area contributed by atoms with Crippen LogP contribution in [0, 0.1) is 6.08 Å². The van der Waals surface area contributed by atoms with Crippen molar-refractivity contribution in [2.45, 2.75) is 6.92 Å². The fourth-order valence-corrected chi connectivity index (χ4v) is 0.792. The van der Waals surface area contributed by atoms with E-state index in [0.717, 1.165) is 5.57 Å². The zero-order chi connectivity index (χ0) is 9.68. The Hall–Kier alpha value is -1.66. The summed E-state index contributed by atoms with van der Waals surface area (Å²) in [6.07, 6.45) is 10.2. The first-order chi connectivity index (χ1) is 6.20. The molecule has 0 aliphatic heterocycles. The van der Waals surface area contributed by atoms with Crippen LogP contribution in [0.15, 0.2) is 42.0 Å². The zero-order valence-electron chi connectivity index (χ0n) is 7.54. The van der Waals surface area contributed by atoms with Crippen LogP contribution in [-0.2, 0) is 9.53 Å². The van der Waals surface area contributed by atoms with Crippen molar-refractivity contribution in [1.82, 2.24) is 0 Å². The third kappa shape index (κ3) is 3.06. The van der Waals surface area contributed by atoms with Crippen LogP contribution >= 0.6 is 0 Å². The highest BCUT2D eigenvalue weighted by Crippen LogP contribution is 2.04. The van der Waals surface area contributed by atoms with E-state index in [1.807, 2.05) is 12.2 Å². The van der Waals surface area contributed by atoms with E-state index in [4.69, 9.17) is 4.74 Å². The highest BCUT2D eigenvalue weighted by molar-refractivity contribution is 5.87. The maximum atomic E-state index is 11.0. The lowest BCUT2D eigenvalue weighted by Gasteiger charge is -2.00. The van der Waals surface area contributed by atoms with Gasteiger partial charge in [0.25, 0.3) is 0 Å². The second kappa shape index (κ2) is 4.39. The first kappa shape index (κ1) is 9.43. The molecule has 0 amide bonds. The maximum absolute atomic E-state index is 11.0. The summed E-state index contributed by atoms with van der Waals surface area (Å²) < 4.78 is 4.93. The molecular formula is C11H11O2+. The van der Waals surface area contributed by atoms with Crippen molar-refractivity contribution < 1.29 is 9.53 Å². The fourth-order valence-electron chi connectivity index (χ4n) is 0.792. The molecule has 0 heterocycles. The SMILES string of the molecule is C=C(C)C(=O)OCC1=CC=C[C+]=C1. The quantitative estimate of drug-likeness (QED) is 0.372. The summed E-state index contributed by atoms with van der Waals surface area (Å²) >= 11 is 0. The predicted molar refractivity (Wildman–Crippen MR) is 50.8 cm³/mol. The minimum Gasteiger partial charge on any atom is -0.443 e. The van der Waals surface area contributed by atoms with Gasteiger partial charge in [-0.3, -0.25) is 0 Å². The van der Waals surface area contributed by atoms with E-state index >= 15 is 0 Å². The van der Waals surface area contributed by atoms with Crippen molar-refractivity contribution in [2.24, 2.45) is 0 Å². The van der Waals surface area contributed by atoms with E-state index in [0.29, 0.717) is 5.57 Å². The average Bonchev–Trinajstić information content (AvgIpc) is 2.15. The van der Waals surface area contributed by atoms with Gasteiger partial charge in [0.2, 0.25) is 0 Å². The van der Waals surface area contributed by atoms with Crippen molar-refractivity contribution in [3.05, 3.63) is 48.1 Å². The maximum Gasteiger partial charge on any atom is 0.334 e. The van der Waals surface area contributed by atoms with Gasteiger partial charge in [-0.05, 0) is 6.92 Å². The minimum absolute atomic E-state index is 0.281. The number of ether oxygens (including phenoxy) is 1. The van der Waals surface area contributed by atoms with Crippen LogP contribution in [0.2, 0.25) is 0 Å². The summed E-state index contributed by atoms with van der Waals surface area (Å²) in [5, 5.41) is 0. The number of hydrogen-bond donors (Lipinski definition) is 0. The number of rotatable bonds is 3. The second-order valence-electron chi connectivity index (χ2n) is 2.77. The molecular weight excluding hydrogens is 164 g/mol. The Morgan fingerprint density at radius 3 is 3.00 bits per heavy atom. The van der Waals surface area contributed by atoms with E-state index in [2.05, 4.69) is 12.7 Å². The monoisotopic (exact) mass is 175 g/mol. The molecule has 0 aromatic rings. The van der Waals surface area contributed by atoms with E-state index in [1.165, 1.54) is 0 Å². The van der Waals surface area contributed by atoms with Crippen LogP contribution in [0.1, 0.15) is 6.92 Å². The van der Waals surface area contributed by atoms with Crippen molar-refractivity contribution in [1.29, 1.82) is 0 Å². The molecule has 0 atom stereocenters. The van der Waals surface area contributed by atoms with Crippen LogP contribution in [0.25, 0.3) is 0 Å². The second-order valence-corrected chi connectivity index (χ2v) is 2.77. The van der Waals surface area contributed by atoms with Gasteiger partial charge in [-0.25, -0.2) is 4.79 Å². The first-order valence-electron chi connectivity index (χ1n) is 3.98. The summed E-state index contributed by atoms with van der Waals surface area (Å²) in [6.45, 7) is 5.39. The lowest BCUT2D eigenvalue weighted by Crippen LogP contribution is -2.07. The third-order valence-corrected chi connectivity index (χ3v) is 1.49. The van der Waals surface area contributed by atoms with E-state index in [1.54, 1.807) is 19.1 Å². The van der Waals surface area contributed by atoms with Gasteiger partial charge in [0.15, 0.2) is 6.61 Å². The van der Waals surface area contributed by atoms with Crippen molar-refractivity contribution in [2.75, 3.05) is 6.61 Å². The van der Waals surface area contributed by atoms with Gasteiger partial charge in [0.1, 0.15) is 12.2 Å². The van der Waals surface area contributed by atoms with Crippen molar-refractivity contribution in [3.63, 3.8) is 0 Å². The smallest absolute Gasteiger partial charge is 0.334 e. The molecule has 0 unspecified atom stereocenters. The Labute approximate surface area is 77.9 Å². The lowest BCUT2D eigenvalue weighted by molar-refractivity contribution is -0.137. The molecule has 1 aliphatic carbocycles. The van der Waals surface area contributed by atoms with Gasteiger partial charge in [-0.1, -0.05) is 6.58 Å². The number of esters is 1. The minimum atomic E-state index is -0.358.